The number of benzene rings is 1. The number of aromatic nitrogens is 4. The molecule has 29 heavy (non-hydrogen) atoms. The van der Waals surface area contributed by atoms with E-state index in [1.807, 2.05) is 36.2 Å². The van der Waals surface area contributed by atoms with Gasteiger partial charge in [-0.2, -0.15) is 0 Å². The summed E-state index contributed by atoms with van der Waals surface area (Å²) in [6.45, 7) is 0. The summed E-state index contributed by atoms with van der Waals surface area (Å²) in [5.74, 6) is 0.588. The second-order valence-electron chi connectivity index (χ2n) is 6.73. The predicted octanol–water partition coefficient (Wildman–Crippen LogP) is 0.864. The average molecular weight is 510 g/mol. The number of nitrogens with zero attached hydrogens (tertiary/aromatic N) is 6. The van der Waals surface area contributed by atoms with Crippen molar-refractivity contribution < 1.29 is 19.7 Å². The van der Waals surface area contributed by atoms with Crippen molar-refractivity contribution in [3.63, 3.8) is 0 Å². The lowest BCUT2D eigenvalue weighted by Gasteiger charge is -2.22. The highest BCUT2D eigenvalue weighted by molar-refractivity contribution is 14.1. The molecular formula is C18H19IN6O4. The molecule has 1 aromatic carbocycles. The molecule has 1 aliphatic heterocycles. The van der Waals surface area contributed by atoms with E-state index < -0.39 is 24.7 Å². The lowest BCUT2D eigenvalue weighted by atomic mass is 10.2. The van der Waals surface area contributed by atoms with Gasteiger partial charge in [0, 0.05) is 23.4 Å². The fraction of sp³-hybridized carbons (Fsp3) is 0.333. The number of aliphatic hydroxyl groups excluding tert-OH is 2. The van der Waals surface area contributed by atoms with Crippen LogP contribution in [0.3, 0.4) is 0 Å². The van der Waals surface area contributed by atoms with E-state index in [4.69, 9.17) is 4.74 Å². The Labute approximate surface area is 179 Å². The standard InChI is InChI=1S/C18H19IN6O4/c1-23(9-26)17-13(27)14(28)18(29-17)25-8-22-12-15(20-7-21-16(12)25)24(2)11-5-3-4-10(19)6-11/h3-9,13-14,17-18,27-28H,1-2H3/t13-,14+,17-,18+/m0/s1. The van der Waals surface area contributed by atoms with Gasteiger partial charge in [0.15, 0.2) is 29.4 Å². The lowest BCUT2D eigenvalue weighted by Crippen LogP contribution is -2.41. The zero-order valence-electron chi connectivity index (χ0n) is 15.6. The largest absolute Gasteiger partial charge is 0.385 e. The van der Waals surface area contributed by atoms with Crippen LogP contribution in [0.1, 0.15) is 6.23 Å². The summed E-state index contributed by atoms with van der Waals surface area (Å²) in [5.41, 5.74) is 1.90. The Morgan fingerprint density at radius 2 is 2.00 bits per heavy atom. The van der Waals surface area contributed by atoms with E-state index in [0.717, 1.165) is 14.2 Å². The molecule has 0 radical (unpaired) electrons. The molecule has 4 rings (SSSR count). The van der Waals surface area contributed by atoms with Crippen molar-refractivity contribution in [2.24, 2.45) is 0 Å². The van der Waals surface area contributed by atoms with E-state index in [1.165, 1.54) is 24.3 Å². The Morgan fingerprint density at radius 1 is 1.21 bits per heavy atom. The Kier molecular flexibility index (Phi) is 5.38. The molecule has 3 heterocycles. The summed E-state index contributed by atoms with van der Waals surface area (Å²) in [6.07, 6.45) is -1.02. The fourth-order valence-corrected chi connectivity index (χ4v) is 3.87. The van der Waals surface area contributed by atoms with Crippen LogP contribution in [0.25, 0.3) is 11.2 Å². The van der Waals surface area contributed by atoms with Gasteiger partial charge in [0.1, 0.15) is 18.5 Å². The first-order valence-corrected chi connectivity index (χ1v) is 9.86. The van der Waals surface area contributed by atoms with E-state index in [2.05, 4.69) is 37.5 Å². The van der Waals surface area contributed by atoms with Crippen LogP contribution >= 0.6 is 22.6 Å². The maximum Gasteiger partial charge on any atom is 0.211 e. The Balaban J connectivity index is 1.72. The normalized spacial score (nSPS) is 24.0. The molecule has 1 aliphatic rings. The fourth-order valence-electron chi connectivity index (χ4n) is 3.35. The third kappa shape index (κ3) is 3.43. The molecule has 3 aromatic rings. The lowest BCUT2D eigenvalue weighted by molar-refractivity contribution is -0.138. The topological polar surface area (TPSA) is 117 Å². The highest BCUT2D eigenvalue weighted by Gasteiger charge is 2.46. The maximum atomic E-state index is 11.0. The number of fused-ring (bicyclic) bond motifs is 1. The van der Waals surface area contributed by atoms with Crippen LogP contribution in [0.15, 0.2) is 36.9 Å². The van der Waals surface area contributed by atoms with Crippen LogP contribution in [-0.4, -0.2) is 73.6 Å². The maximum absolute atomic E-state index is 11.0. The number of anilines is 2. The van der Waals surface area contributed by atoms with Gasteiger partial charge in [0.2, 0.25) is 6.41 Å². The molecular weight excluding hydrogens is 491 g/mol. The summed E-state index contributed by atoms with van der Waals surface area (Å²) in [5, 5.41) is 20.7. The van der Waals surface area contributed by atoms with Gasteiger partial charge in [-0.25, -0.2) is 15.0 Å². The number of carbonyl (C=O) groups excluding carboxylic acids is 1. The van der Waals surface area contributed by atoms with Crippen LogP contribution in [0.4, 0.5) is 11.5 Å². The molecule has 0 unspecified atom stereocenters. The van der Waals surface area contributed by atoms with Crippen molar-refractivity contribution in [2.75, 3.05) is 19.0 Å². The van der Waals surface area contributed by atoms with Crippen molar-refractivity contribution in [1.29, 1.82) is 0 Å². The Bertz CT molecular complexity index is 1050. The highest BCUT2D eigenvalue weighted by atomic mass is 127. The van der Waals surface area contributed by atoms with Crippen LogP contribution in [-0.2, 0) is 9.53 Å². The number of amides is 1. The molecule has 2 aromatic heterocycles. The third-order valence-corrected chi connectivity index (χ3v) is 5.58. The minimum absolute atomic E-state index is 0.443. The second kappa shape index (κ2) is 7.82. The van der Waals surface area contributed by atoms with Gasteiger partial charge in [-0.1, -0.05) is 6.07 Å². The zero-order valence-corrected chi connectivity index (χ0v) is 17.8. The van der Waals surface area contributed by atoms with E-state index in [0.29, 0.717) is 23.4 Å². The number of rotatable bonds is 5. The molecule has 1 fully saturated rings. The van der Waals surface area contributed by atoms with Gasteiger partial charge in [-0.3, -0.25) is 9.36 Å². The minimum atomic E-state index is -1.26. The summed E-state index contributed by atoms with van der Waals surface area (Å²) >= 11 is 2.24. The van der Waals surface area contributed by atoms with Gasteiger partial charge in [0.25, 0.3) is 0 Å². The molecule has 2 N–H and O–H groups in total. The van der Waals surface area contributed by atoms with Crippen LogP contribution < -0.4 is 4.90 Å². The van der Waals surface area contributed by atoms with E-state index in [9.17, 15) is 15.0 Å². The van der Waals surface area contributed by atoms with Gasteiger partial charge < -0.3 is 24.7 Å². The van der Waals surface area contributed by atoms with Crippen LogP contribution in [0.5, 0.6) is 0 Å². The molecule has 11 heteroatoms. The van der Waals surface area contributed by atoms with Crippen molar-refractivity contribution in [2.45, 2.75) is 24.7 Å². The minimum Gasteiger partial charge on any atom is -0.385 e. The van der Waals surface area contributed by atoms with Gasteiger partial charge in [-0.05, 0) is 40.8 Å². The summed E-state index contributed by atoms with van der Waals surface area (Å²) in [4.78, 5) is 27.2. The van der Waals surface area contributed by atoms with Crippen molar-refractivity contribution >= 4 is 51.7 Å². The number of imidazole rings is 1. The molecule has 1 saturated heterocycles. The first-order valence-electron chi connectivity index (χ1n) is 8.78. The number of hydrogen-bond acceptors (Lipinski definition) is 8. The summed E-state index contributed by atoms with van der Waals surface area (Å²) < 4.78 is 8.36. The van der Waals surface area contributed by atoms with Gasteiger partial charge in [0.05, 0.1) is 6.33 Å². The predicted molar refractivity (Wildman–Crippen MR) is 112 cm³/mol. The first kappa shape index (κ1) is 19.9. The Hall–Kier alpha value is -2.35. The molecule has 0 spiro atoms. The van der Waals surface area contributed by atoms with Gasteiger partial charge in [-0.15, -0.1) is 0 Å². The van der Waals surface area contributed by atoms with E-state index in [-0.39, 0.29) is 0 Å². The monoisotopic (exact) mass is 510 g/mol. The van der Waals surface area contributed by atoms with Crippen molar-refractivity contribution in [3.8, 4) is 0 Å². The van der Waals surface area contributed by atoms with Gasteiger partial charge >= 0.3 is 0 Å². The number of hydrogen-bond donors (Lipinski definition) is 2. The van der Waals surface area contributed by atoms with E-state index in [1.54, 1.807) is 0 Å². The Morgan fingerprint density at radius 3 is 2.72 bits per heavy atom. The van der Waals surface area contributed by atoms with Crippen LogP contribution in [0, 0.1) is 3.57 Å². The average Bonchev–Trinajstić information content (AvgIpc) is 3.28. The molecule has 0 bridgehead atoms. The number of likely N-dealkylation sites (N-methyl/N-ethyl adjacent to an activating group) is 1. The number of ether oxygens (including phenoxy) is 1. The first-order chi connectivity index (χ1) is 13.9. The number of carbonyl (C=O) groups is 1. The summed E-state index contributed by atoms with van der Waals surface area (Å²) in [7, 11) is 3.35. The molecule has 0 aliphatic carbocycles. The quantitative estimate of drug-likeness (QED) is 0.384. The highest BCUT2D eigenvalue weighted by Crippen LogP contribution is 2.34. The number of aliphatic hydroxyl groups is 2. The SMILES string of the molecule is CN(c1cccc(I)c1)c1ncnc2c1ncn2[C@@H]1O[C@H](N(C)C=O)[C@@H](O)[C@H]1O. The van der Waals surface area contributed by atoms with Crippen molar-refractivity contribution in [3.05, 3.63) is 40.5 Å². The molecule has 0 saturated carbocycles. The summed E-state index contributed by atoms with van der Waals surface area (Å²) in [6, 6.07) is 7.94. The molecule has 10 nitrogen and oxygen atoms in total. The third-order valence-electron chi connectivity index (χ3n) is 4.91. The molecule has 1 amide bonds. The zero-order chi connectivity index (χ0) is 20.7. The van der Waals surface area contributed by atoms with E-state index >= 15 is 0 Å². The smallest absolute Gasteiger partial charge is 0.211 e. The van der Waals surface area contributed by atoms with Crippen LogP contribution in [0.2, 0.25) is 0 Å². The molecule has 4 atom stereocenters. The number of halogens is 1. The van der Waals surface area contributed by atoms with Crippen molar-refractivity contribution in [1.82, 2.24) is 24.4 Å². The molecule has 152 valence electrons. The second-order valence-corrected chi connectivity index (χ2v) is 7.98.